The van der Waals surface area contributed by atoms with E-state index in [2.05, 4.69) is 40.4 Å². The van der Waals surface area contributed by atoms with Gasteiger partial charge in [0.1, 0.15) is 48.1 Å². The van der Waals surface area contributed by atoms with E-state index in [0.717, 1.165) is 19.3 Å². The first kappa shape index (κ1) is 50.6. The number of nitrogens with zero attached hydrogens (tertiary/aromatic N) is 1. The highest BCUT2D eigenvalue weighted by Gasteiger charge is 2.43. The molecular weight excluding hydrogens is 827 g/mol. The van der Waals surface area contributed by atoms with Crippen LogP contribution in [0.25, 0.3) is 0 Å². The number of ether oxygens (including phenoxy) is 1. The van der Waals surface area contributed by atoms with Crippen molar-refractivity contribution in [3.8, 4) is 5.75 Å². The number of cyclic esters (lactones) is 1. The molecule has 2 aromatic rings. The smallest absolute Gasteiger partial charge is 0.329 e. The minimum atomic E-state index is -1.62. The Balaban J connectivity index is 1.77. The Morgan fingerprint density at radius 3 is 2.05 bits per heavy atom. The van der Waals surface area contributed by atoms with Crippen molar-refractivity contribution < 1.29 is 53.3 Å². The lowest BCUT2D eigenvalue weighted by atomic mass is 10.0. The summed E-state index contributed by atoms with van der Waals surface area (Å²) >= 11 is 0. The van der Waals surface area contributed by atoms with Gasteiger partial charge in [-0.15, -0.1) is 0 Å². The number of carbonyl (C=O) groups is 8. The molecule has 0 aromatic heterocycles. The van der Waals surface area contributed by atoms with E-state index >= 15 is 0 Å². The molecule has 8 atom stereocenters. The zero-order valence-corrected chi connectivity index (χ0v) is 37.3. The Kier molecular flexibility index (Phi) is 19.1. The van der Waals surface area contributed by atoms with Crippen LogP contribution in [0.2, 0.25) is 0 Å². The lowest BCUT2D eigenvalue weighted by Crippen LogP contribution is -2.60. The van der Waals surface area contributed by atoms with Crippen LogP contribution in [0.1, 0.15) is 97.1 Å². The Morgan fingerprint density at radius 1 is 0.766 bits per heavy atom. The molecule has 2 aromatic carbocycles. The minimum Gasteiger partial charge on any atom is -0.508 e. The number of hydrogen-bond donors (Lipinski definition) is 8. The molecule has 0 bridgehead atoms. The lowest BCUT2D eigenvalue weighted by molar-refractivity contribution is -0.155. The van der Waals surface area contributed by atoms with Crippen LogP contribution in [0, 0.1) is 11.8 Å². The Morgan fingerprint density at radius 2 is 1.41 bits per heavy atom. The predicted molar refractivity (Wildman–Crippen MR) is 234 cm³/mol. The van der Waals surface area contributed by atoms with Crippen LogP contribution in [0.3, 0.4) is 0 Å². The van der Waals surface area contributed by atoms with Crippen molar-refractivity contribution in [2.75, 3.05) is 6.54 Å². The molecule has 18 heteroatoms. The van der Waals surface area contributed by atoms with Crippen LogP contribution >= 0.6 is 0 Å². The average Bonchev–Trinajstić information content (AvgIpc) is 3.63. The van der Waals surface area contributed by atoms with Gasteiger partial charge in [0.2, 0.25) is 41.4 Å². The second-order valence-corrected chi connectivity index (χ2v) is 17.6. The Bertz CT molecular complexity index is 1940. The van der Waals surface area contributed by atoms with Crippen LogP contribution in [0.4, 0.5) is 0 Å². The molecule has 0 saturated carbocycles. The van der Waals surface area contributed by atoms with Crippen molar-refractivity contribution in [3.63, 3.8) is 0 Å². The lowest BCUT2D eigenvalue weighted by Gasteiger charge is -2.30. The van der Waals surface area contributed by atoms with Crippen molar-refractivity contribution in [1.82, 2.24) is 31.5 Å². The van der Waals surface area contributed by atoms with Gasteiger partial charge in [-0.2, -0.15) is 0 Å². The average molecular weight is 892 g/mol. The molecule has 0 unspecified atom stereocenters. The highest BCUT2D eigenvalue weighted by molar-refractivity contribution is 5.98. The van der Waals surface area contributed by atoms with E-state index in [9.17, 15) is 48.6 Å². The standard InChI is InChI=1S/C46H65N7O11/c1-26(2)12-8-6-11-15-33-23-39(57)49-35(20-29-13-9-7-10-14-29)45(62)53-25-32(55)22-37(53)43(60)48-28(5)41(58)52-40(27(3)4)44(61)50-34(24-38(47)56)42(59)51-36(46(63)64-33)21-30-16-18-31(54)19-17-30/h7,9-10,13-14,16-19,26-28,32-37,40,54-55H,6,8,11-12,15,20-25H2,1-5H3,(H2,47,56)(H,48,60)(H,49,57)(H,50,61)(H,51,59)(H,52,58)/t28-,32-,33+,34-,35-,36+,37+,40+/m1/s1. The number of nitrogens with two attached hydrogens (primary N) is 1. The summed E-state index contributed by atoms with van der Waals surface area (Å²) < 4.78 is 6.03. The molecule has 2 aliphatic rings. The fraction of sp³-hybridized carbons (Fsp3) is 0.565. The zero-order chi connectivity index (χ0) is 47.1. The molecule has 4 rings (SSSR count). The number of amides is 7. The number of rotatable bonds is 13. The molecule has 2 fully saturated rings. The van der Waals surface area contributed by atoms with Gasteiger partial charge in [0, 0.05) is 25.8 Å². The van der Waals surface area contributed by atoms with Crippen LogP contribution in [0.15, 0.2) is 54.6 Å². The summed E-state index contributed by atoms with van der Waals surface area (Å²) in [6.07, 6.45) is -0.0825. The van der Waals surface area contributed by atoms with Gasteiger partial charge >= 0.3 is 5.97 Å². The first-order valence-corrected chi connectivity index (χ1v) is 22.1. The number of unbranched alkanes of at least 4 members (excludes halogenated alkanes) is 2. The van der Waals surface area contributed by atoms with E-state index in [-0.39, 0.29) is 44.4 Å². The third-order valence-electron chi connectivity index (χ3n) is 11.3. The molecule has 2 heterocycles. The summed E-state index contributed by atoms with van der Waals surface area (Å²) in [5.74, 6) is -6.75. The van der Waals surface area contributed by atoms with Gasteiger partial charge in [0.15, 0.2) is 0 Å². The van der Waals surface area contributed by atoms with Gasteiger partial charge in [-0.3, -0.25) is 33.6 Å². The van der Waals surface area contributed by atoms with E-state index in [4.69, 9.17) is 10.5 Å². The van der Waals surface area contributed by atoms with E-state index in [1.165, 1.54) is 36.1 Å². The molecule has 2 aliphatic heterocycles. The number of benzene rings is 2. The summed E-state index contributed by atoms with van der Waals surface area (Å²) in [5, 5.41) is 33.7. The topological polar surface area (TPSA) is 276 Å². The molecule has 7 amide bonds. The third-order valence-corrected chi connectivity index (χ3v) is 11.3. The number of aliphatic hydroxyl groups excluding tert-OH is 1. The first-order valence-electron chi connectivity index (χ1n) is 22.1. The SMILES string of the molecule is CC(C)CCCCC[C@H]1CC(=O)N[C@H](Cc2ccccc2)C(=O)N2C[C@H](O)C[C@H]2C(=O)N[C@H](C)C(=O)N[C@@H](C(C)C)C(=O)N[C@H](CC(N)=O)C(=O)N[C@@H](Cc2ccc(O)cc2)C(=O)O1. The van der Waals surface area contributed by atoms with Gasteiger partial charge in [0.05, 0.1) is 18.9 Å². The van der Waals surface area contributed by atoms with Crippen molar-refractivity contribution in [3.05, 3.63) is 65.7 Å². The predicted octanol–water partition coefficient (Wildman–Crippen LogP) is 1.04. The van der Waals surface area contributed by atoms with E-state index < -0.39 is 108 Å². The highest BCUT2D eigenvalue weighted by atomic mass is 16.5. The summed E-state index contributed by atoms with van der Waals surface area (Å²) in [7, 11) is 0. The quantitative estimate of drug-likeness (QED) is 0.104. The molecule has 350 valence electrons. The number of carbonyl (C=O) groups excluding carboxylic acids is 8. The second kappa shape index (κ2) is 24.1. The highest BCUT2D eigenvalue weighted by Crippen LogP contribution is 2.22. The monoisotopic (exact) mass is 891 g/mol. The zero-order valence-electron chi connectivity index (χ0n) is 37.3. The number of aromatic hydroxyl groups is 1. The van der Waals surface area contributed by atoms with E-state index in [1.54, 1.807) is 44.2 Å². The Labute approximate surface area is 374 Å². The molecular formula is C46H65N7O11. The second-order valence-electron chi connectivity index (χ2n) is 17.6. The fourth-order valence-corrected chi connectivity index (χ4v) is 7.76. The van der Waals surface area contributed by atoms with Crippen LogP contribution in [-0.4, -0.2) is 117 Å². The van der Waals surface area contributed by atoms with Crippen LogP contribution in [0.5, 0.6) is 5.75 Å². The number of fused-ring (bicyclic) bond motifs is 1. The molecule has 18 nitrogen and oxygen atoms in total. The number of phenols is 1. The molecule has 64 heavy (non-hydrogen) atoms. The number of hydrogen-bond acceptors (Lipinski definition) is 11. The van der Waals surface area contributed by atoms with Gasteiger partial charge in [0.25, 0.3) is 0 Å². The Hall–Kier alpha value is -6.04. The van der Waals surface area contributed by atoms with Crippen molar-refractivity contribution >= 4 is 47.3 Å². The van der Waals surface area contributed by atoms with E-state index in [0.29, 0.717) is 23.5 Å². The van der Waals surface area contributed by atoms with Crippen LogP contribution < -0.4 is 32.3 Å². The maximum Gasteiger partial charge on any atom is 0.329 e. The summed E-state index contributed by atoms with van der Waals surface area (Å²) in [6, 6.07) is 6.66. The van der Waals surface area contributed by atoms with Gasteiger partial charge in [-0.25, -0.2) is 4.79 Å². The summed E-state index contributed by atoms with van der Waals surface area (Å²) in [5.41, 5.74) is 6.70. The maximum atomic E-state index is 14.4. The maximum absolute atomic E-state index is 14.4. The minimum absolute atomic E-state index is 0.0106. The number of esters is 1. The fourth-order valence-electron chi connectivity index (χ4n) is 7.76. The molecule has 0 spiro atoms. The van der Waals surface area contributed by atoms with Gasteiger partial charge in [-0.1, -0.05) is 89.4 Å². The summed E-state index contributed by atoms with van der Waals surface area (Å²) in [6.45, 7) is 8.60. The van der Waals surface area contributed by atoms with Crippen molar-refractivity contribution in [2.45, 2.75) is 147 Å². The number of aliphatic hydroxyl groups is 1. The molecule has 2 saturated heterocycles. The van der Waals surface area contributed by atoms with Gasteiger partial charge < -0.3 is 52.2 Å². The van der Waals surface area contributed by atoms with Crippen molar-refractivity contribution in [2.24, 2.45) is 17.6 Å². The van der Waals surface area contributed by atoms with E-state index in [1.807, 2.05) is 0 Å². The first-order chi connectivity index (χ1) is 30.3. The largest absolute Gasteiger partial charge is 0.508 e. The summed E-state index contributed by atoms with van der Waals surface area (Å²) in [4.78, 5) is 111. The normalized spacial score (nSPS) is 25.8. The molecule has 0 aliphatic carbocycles. The third kappa shape index (κ3) is 15.6. The number of phenolic OH excluding ortho intramolecular Hbond substituents is 1. The van der Waals surface area contributed by atoms with Crippen LogP contribution in [-0.2, 0) is 55.9 Å². The number of nitrogens with one attached hydrogen (secondary N) is 5. The molecule has 0 radical (unpaired) electrons. The molecule has 9 N–H and O–H groups in total. The van der Waals surface area contributed by atoms with Gasteiger partial charge in [-0.05, 0) is 54.9 Å². The van der Waals surface area contributed by atoms with Crippen molar-refractivity contribution in [1.29, 1.82) is 0 Å². The number of primary amides is 1.